The number of fused-ring (bicyclic) bond motifs is 1. The summed E-state index contributed by atoms with van der Waals surface area (Å²) in [7, 11) is 0. The SMILES string of the molecule is CC1(C(=O)c2ccc3cccnc3c2)CCCCC1. The zero-order valence-corrected chi connectivity index (χ0v) is 11.4. The molecule has 0 spiro atoms. The van der Waals surface area contributed by atoms with Gasteiger partial charge in [-0.1, -0.05) is 44.4 Å². The maximum Gasteiger partial charge on any atom is 0.168 e. The van der Waals surface area contributed by atoms with E-state index in [-0.39, 0.29) is 5.41 Å². The predicted octanol–water partition coefficient (Wildman–Crippen LogP) is 4.39. The fourth-order valence-corrected chi connectivity index (χ4v) is 3.12. The number of carbonyl (C=O) groups excluding carboxylic acids is 1. The van der Waals surface area contributed by atoms with Gasteiger partial charge in [-0.3, -0.25) is 9.78 Å². The van der Waals surface area contributed by atoms with Crippen molar-refractivity contribution in [1.29, 1.82) is 0 Å². The Bertz CT molecular complexity index is 611. The third-order valence-corrected chi connectivity index (χ3v) is 4.37. The van der Waals surface area contributed by atoms with Gasteiger partial charge < -0.3 is 0 Å². The van der Waals surface area contributed by atoms with Crippen LogP contribution in [0.5, 0.6) is 0 Å². The number of hydrogen-bond acceptors (Lipinski definition) is 2. The molecule has 2 nitrogen and oxygen atoms in total. The van der Waals surface area contributed by atoms with Crippen molar-refractivity contribution in [3.63, 3.8) is 0 Å². The average Bonchev–Trinajstić information content (AvgIpc) is 2.47. The summed E-state index contributed by atoms with van der Waals surface area (Å²) in [6, 6.07) is 9.84. The minimum atomic E-state index is -0.166. The number of ketones is 1. The molecule has 0 N–H and O–H groups in total. The molecule has 1 fully saturated rings. The summed E-state index contributed by atoms with van der Waals surface area (Å²) in [5.41, 5.74) is 1.56. The number of pyridine rings is 1. The van der Waals surface area contributed by atoms with Gasteiger partial charge in [0.05, 0.1) is 5.52 Å². The van der Waals surface area contributed by atoms with E-state index in [2.05, 4.69) is 11.9 Å². The second-order valence-electron chi connectivity index (χ2n) is 5.86. The first-order chi connectivity index (χ1) is 9.19. The van der Waals surface area contributed by atoms with Crippen LogP contribution in [0.2, 0.25) is 0 Å². The van der Waals surface area contributed by atoms with Gasteiger partial charge in [0, 0.05) is 22.6 Å². The molecule has 0 unspecified atom stereocenters. The average molecular weight is 253 g/mol. The van der Waals surface area contributed by atoms with Crippen LogP contribution in [0.25, 0.3) is 10.9 Å². The van der Waals surface area contributed by atoms with Gasteiger partial charge in [0.2, 0.25) is 0 Å². The van der Waals surface area contributed by atoms with E-state index in [0.717, 1.165) is 29.3 Å². The number of aromatic nitrogens is 1. The summed E-state index contributed by atoms with van der Waals surface area (Å²) in [5, 5.41) is 1.09. The van der Waals surface area contributed by atoms with Crippen molar-refractivity contribution in [3.8, 4) is 0 Å². The Labute approximate surface area is 113 Å². The van der Waals surface area contributed by atoms with E-state index in [1.807, 2.05) is 30.3 Å². The highest BCUT2D eigenvalue weighted by molar-refractivity contribution is 6.02. The fourth-order valence-electron chi connectivity index (χ4n) is 3.12. The highest BCUT2D eigenvalue weighted by Gasteiger charge is 2.34. The molecular formula is C17H19NO. The molecule has 0 bridgehead atoms. The van der Waals surface area contributed by atoms with Crippen LogP contribution in [0.4, 0.5) is 0 Å². The van der Waals surface area contributed by atoms with E-state index in [1.165, 1.54) is 19.3 Å². The maximum absolute atomic E-state index is 12.7. The third-order valence-electron chi connectivity index (χ3n) is 4.37. The van der Waals surface area contributed by atoms with Gasteiger partial charge in [0.1, 0.15) is 0 Å². The van der Waals surface area contributed by atoms with Crippen LogP contribution in [0.1, 0.15) is 49.4 Å². The molecule has 2 heteroatoms. The van der Waals surface area contributed by atoms with E-state index < -0.39 is 0 Å². The van der Waals surface area contributed by atoms with Gasteiger partial charge >= 0.3 is 0 Å². The quantitative estimate of drug-likeness (QED) is 0.743. The van der Waals surface area contributed by atoms with Crippen LogP contribution >= 0.6 is 0 Å². The Kier molecular flexibility index (Phi) is 3.09. The van der Waals surface area contributed by atoms with Crippen molar-refractivity contribution >= 4 is 16.7 Å². The molecule has 1 saturated carbocycles. The summed E-state index contributed by atoms with van der Waals surface area (Å²) in [4.78, 5) is 17.1. The molecule has 0 radical (unpaired) electrons. The van der Waals surface area contributed by atoms with E-state index in [0.29, 0.717) is 5.78 Å². The van der Waals surface area contributed by atoms with Gasteiger partial charge in [-0.15, -0.1) is 0 Å². The molecule has 19 heavy (non-hydrogen) atoms. The molecule has 98 valence electrons. The molecule has 0 saturated heterocycles. The number of rotatable bonds is 2. The molecule has 3 rings (SSSR count). The molecule has 0 aliphatic heterocycles. The second kappa shape index (κ2) is 4.76. The number of carbonyl (C=O) groups is 1. The van der Waals surface area contributed by atoms with Crippen LogP contribution in [0.15, 0.2) is 36.5 Å². The Hall–Kier alpha value is -1.70. The highest BCUT2D eigenvalue weighted by Crippen LogP contribution is 2.38. The van der Waals surface area contributed by atoms with Crippen LogP contribution < -0.4 is 0 Å². The Morgan fingerprint density at radius 3 is 2.74 bits per heavy atom. The standard InChI is InChI=1S/C17H19NO/c1-17(9-3-2-4-10-17)16(19)14-8-7-13-6-5-11-18-15(13)12-14/h5-8,11-12H,2-4,9-10H2,1H3. The van der Waals surface area contributed by atoms with Crippen LogP contribution in [0.3, 0.4) is 0 Å². The van der Waals surface area contributed by atoms with Gasteiger partial charge in [-0.25, -0.2) is 0 Å². The number of Topliss-reactive ketones (excluding diaryl/α,β-unsaturated/α-hetero) is 1. The van der Waals surface area contributed by atoms with Crippen LogP contribution in [-0.4, -0.2) is 10.8 Å². The first-order valence-electron chi connectivity index (χ1n) is 7.09. The largest absolute Gasteiger partial charge is 0.294 e. The molecule has 1 aromatic carbocycles. The lowest BCUT2D eigenvalue weighted by atomic mass is 9.71. The Balaban J connectivity index is 1.97. The van der Waals surface area contributed by atoms with Crippen molar-refractivity contribution < 1.29 is 4.79 Å². The van der Waals surface area contributed by atoms with Gasteiger partial charge in [0.25, 0.3) is 0 Å². The zero-order chi connectivity index (χ0) is 13.3. The van der Waals surface area contributed by atoms with Gasteiger partial charge in [0.15, 0.2) is 5.78 Å². The number of hydrogen-bond donors (Lipinski definition) is 0. The lowest BCUT2D eigenvalue weighted by molar-refractivity contribution is 0.0749. The summed E-state index contributed by atoms with van der Waals surface area (Å²) in [5.74, 6) is 0.291. The van der Waals surface area contributed by atoms with Crippen molar-refractivity contribution in [2.24, 2.45) is 5.41 Å². The van der Waals surface area contributed by atoms with Crippen molar-refractivity contribution in [1.82, 2.24) is 4.98 Å². The molecule has 1 aliphatic rings. The third kappa shape index (κ3) is 2.27. The molecule has 2 aromatic rings. The van der Waals surface area contributed by atoms with Crippen LogP contribution in [0, 0.1) is 5.41 Å². The minimum absolute atomic E-state index is 0.166. The monoisotopic (exact) mass is 253 g/mol. The first kappa shape index (κ1) is 12.3. The molecule has 1 heterocycles. The smallest absolute Gasteiger partial charge is 0.168 e. The van der Waals surface area contributed by atoms with Gasteiger partial charge in [-0.2, -0.15) is 0 Å². The highest BCUT2D eigenvalue weighted by atomic mass is 16.1. The molecule has 1 aromatic heterocycles. The predicted molar refractivity (Wildman–Crippen MR) is 77.3 cm³/mol. The van der Waals surface area contributed by atoms with Gasteiger partial charge in [-0.05, 0) is 25.0 Å². The number of nitrogens with zero attached hydrogens (tertiary/aromatic N) is 1. The minimum Gasteiger partial charge on any atom is -0.294 e. The Morgan fingerprint density at radius 1 is 1.16 bits per heavy atom. The van der Waals surface area contributed by atoms with Crippen molar-refractivity contribution in [3.05, 3.63) is 42.1 Å². The van der Waals surface area contributed by atoms with E-state index in [1.54, 1.807) is 6.20 Å². The van der Waals surface area contributed by atoms with E-state index in [9.17, 15) is 4.79 Å². The zero-order valence-electron chi connectivity index (χ0n) is 11.4. The van der Waals surface area contributed by atoms with E-state index >= 15 is 0 Å². The van der Waals surface area contributed by atoms with Crippen molar-refractivity contribution in [2.45, 2.75) is 39.0 Å². The summed E-state index contributed by atoms with van der Waals surface area (Å²) in [6.45, 7) is 2.12. The summed E-state index contributed by atoms with van der Waals surface area (Å²) >= 11 is 0. The fraction of sp³-hybridized carbons (Fsp3) is 0.412. The second-order valence-corrected chi connectivity index (χ2v) is 5.86. The maximum atomic E-state index is 12.7. The first-order valence-corrected chi connectivity index (χ1v) is 7.09. The molecule has 0 amide bonds. The summed E-state index contributed by atoms with van der Waals surface area (Å²) < 4.78 is 0. The molecular weight excluding hydrogens is 234 g/mol. The van der Waals surface area contributed by atoms with Crippen LogP contribution in [-0.2, 0) is 0 Å². The lowest BCUT2D eigenvalue weighted by Gasteiger charge is -2.32. The summed E-state index contributed by atoms with van der Waals surface area (Å²) in [6.07, 6.45) is 7.43. The normalized spacial score (nSPS) is 18.4. The molecule has 0 atom stereocenters. The van der Waals surface area contributed by atoms with E-state index in [4.69, 9.17) is 0 Å². The Morgan fingerprint density at radius 2 is 1.95 bits per heavy atom. The van der Waals surface area contributed by atoms with Crippen molar-refractivity contribution in [2.75, 3.05) is 0 Å². The number of benzene rings is 1. The topological polar surface area (TPSA) is 30.0 Å². The molecule has 1 aliphatic carbocycles. The lowest BCUT2D eigenvalue weighted by Crippen LogP contribution is -2.30.